The first-order valence-corrected chi connectivity index (χ1v) is 6.60. The number of nitrogens with one attached hydrogen (secondary N) is 1. The largest absolute Gasteiger partial charge is 0.355 e. The fourth-order valence-corrected chi connectivity index (χ4v) is 1.88. The van der Waals surface area contributed by atoms with Gasteiger partial charge in [-0.1, -0.05) is 6.92 Å². The van der Waals surface area contributed by atoms with Gasteiger partial charge < -0.3 is 10.2 Å². The maximum absolute atomic E-state index is 4.66. The van der Waals surface area contributed by atoms with Crippen LogP contribution in [0.2, 0.25) is 0 Å². The van der Waals surface area contributed by atoms with Gasteiger partial charge in [-0.3, -0.25) is 4.98 Å². The van der Waals surface area contributed by atoms with Crippen LogP contribution >= 0.6 is 0 Å². The Bertz CT molecular complexity index is 349. The Morgan fingerprint density at radius 3 is 2.82 bits per heavy atom. The molecule has 0 saturated heterocycles. The lowest BCUT2D eigenvalue weighted by Gasteiger charge is -2.21. The van der Waals surface area contributed by atoms with Gasteiger partial charge in [-0.25, -0.2) is 4.98 Å². The van der Waals surface area contributed by atoms with Crippen LogP contribution in [0.25, 0.3) is 0 Å². The summed E-state index contributed by atoms with van der Waals surface area (Å²) in [4.78, 5) is 11.3. The van der Waals surface area contributed by atoms with E-state index >= 15 is 0 Å². The van der Waals surface area contributed by atoms with Crippen LogP contribution in [0.15, 0.2) is 12.4 Å². The highest BCUT2D eigenvalue weighted by Gasteiger charge is 2.24. The zero-order valence-corrected chi connectivity index (χ0v) is 10.8. The minimum atomic E-state index is 0.804. The standard InChI is InChI=1S/C13H22N4/c1-3-14-7-12-8-15-9-13(16-12)17(4-2)10-11-5-6-11/h8-9,11,14H,3-7,10H2,1-2H3. The van der Waals surface area contributed by atoms with Crippen LogP contribution in [0.5, 0.6) is 0 Å². The Balaban J connectivity index is 2.01. The van der Waals surface area contributed by atoms with E-state index in [-0.39, 0.29) is 0 Å². The van der Waals surface area contributed by atoms with E-state index < -0.39 is 0 Å². The van der Waals surface area contributed by atoms with Gasteiger partial charge in [0.15, 0.2) is 0 Å². The smallest absolute Gasteiger partial charge is 0.147 e. The van der Waals surface area contributed by atoms with Gasteiger partial charge in [0.1, 0.15) is 5.82 Å². The number of hydrogen-bond acceptors (Lipinski definition) is 4. The topological polar surface area (TPSA) is 41.1 Å². The van der Waals surface area contributed by atoms with Gasteiger partial charge in [-0.2, -0.15) is 0 Å². The first kappa shape index (κ1) is 12.3. The fraction of sp³-hybridized carbons (Fsp3) is 0.692. The molecule has 94 valence electrons. The highest BCUT2D eigenvalue weighted by atomic mass is 15.2. The van der Waals surface area contributed by atoms with Crippen molar-refractivity contribution in [2.45, 2.75) is 33.2 Å². The molecule has 1 saturated carbocycles. The van der Waals surface area contributed by atoms with Crippen molar-refractivity contribution in [3.05, 3.63) is 18.1 Å². The van der Waals surface area contributed by atoms with Gasteiger partial charge in [0.2, 0.25) is 0 Å². The summed E-state index contributed by atoms with van der Waals surface area (Å²) in [6.07, 6.45) is 6.47. The van der Waals surface area contributed by atoms with E-state index in [1.165, 1.54) is 12.8 Å². The zero-order chi connectivity index (χ0) is 12.1. The molecule has 0 aliphatic heterocycles. The van der Waals surface area contributed by atoms with E-state index in [0.717, 1.165) is 43.6 Å². The summed E-state index contributed by atoms with van der Waals surface area (Å²) < 4.78 is 0. The first-order valence-electron chi connectivity index (χ1n) is 6.60. The summed E-state index contributed by atoms with van der Waals surface area (Å²) in [6, 6.07) is 0. The van der Waals surface area contributed by atoms with Crippen molar-refractivity contribution in [1.29, 1.82) is 0 Å². The molecule has 1 aliphatic rings. The lowest BCUT2D eigenvalue weighted by molar-refractivity contribution is 0.693. The molecule has 1 aromatic heterocycles. The second-order valence-corrected chi connectivity index (χ2v) is 4.63. The number of nitrogens with zero attached hydrogens (tertiary/aromatic N) is 3. The van der Waals surface area contributed by atoms with E-state index in [4.69, 9.17) is 0 Å². The summed E-state index contributed by atoms with van der Waals surface area (Å²) in [5.74, 6) is 1.91. The lowest BCUT2D eigenvalue weighted by Crippen LogP contribution is -2.27. The van der Waals surface area contributed by atoms with E-state index in [9.17, 15) is 0 Å². The van der Waals surface area contributed by atoms with Crippen LogP contribution in [0.1, 0.15) is 32.4 Å². The summed E-state index contributed by atoms with van der Waals surface area (Å²) >= 11 is 0. The normalized spacial score (nSPS) is 14.9. The molecule has 4 nitrogen and oxygen atoms in total. The second-order valence-electron chi connectivity index (χ2n) is 4.63. The zero-order valence-electron chi connectivity index (χ0n) is 10.8. The molecule has 0 radical (unpaired) electrons. The van der Waals surface area contributed by atoms with Crippen molar-refractivity contribution >= 4 is 5.82 Å². The Morgan fingerprint density at radius 2 is 2.18 bits per heavy atom. The van der Waals surface area contributed by atoms with Crippen molar-refractivity contribution in [3.8, 4) is 0 Å². The molecule has 1 N–H and O–H groups in total. The molecule has 0 spiro atoms. The Hall–Kier alpha value is -1.16. The Morgan fingerprint density at radius 1 is 1.35 bits per heavy atom. The van der Waals surface area contributed by atoms with Gasteiger partial charge in [0.25, 0.3) is 0 Å². The maximum Gasteiger partial charge on any atom is 0.147 e. The number of aromatic nitrogens is 2. The van der Waals surface area contributed by atoms with Gasteiger partial charge in [-0.05, 0) is 32.2 Å². The summed E-state index contributed by atoms with van der Waals surface area (Å²) in [5.41, 5.74) is 1.03. The molecule has 1 aliphatic carbocycles. The molecule has 17 heavy (non-hydrogen) atoms. The molecular formula is C13H22N4. The average molecular weight is 234 g/mol. The van der Waals surface area contributed by atoms with Gasteiger partial charge in [0.05, 0.1) is 11.9 Å². The van der Waals surface area contributed by atoms with Gasteiger partial charge >= 0.3 is 0 Å². The van der Waals surface area contributed by atoms with Crippen LogP contribution in [-0.2, 0) is 6.54 Å². The molecule has 1 heterocycles. The third-order valence-corrected chi connectivity index (χ3v) is 3.11. The van der Waals surface area contributed by atoms with Crippen LogP contribution in [0, 0.1) is 5.92 Å². The third-order valence-electron chi connectivity index (χ3n) is 3.11. The van der Waals surface area contributed by atoms with E-state index in [1.54, 1.807) is 0 Å². The van der Waals surface area contributed by atoms with Crippen LogP contribution in [0.3, 0.4) is 0 Å². The third kappa shape index (κ3) is 3.66. The van der Waals surface area contributed by atoms with Crippen molar-refractivity contribution in [3.63, 3.8) is 0 Å². The second kappa shape index (κ2) is 5.96. The van der Waals surface area contributed by atoms with Crippen molar-refractivity contribution in [2.24, 2.45) is 5.92 Å². The van der Waals surface area contributed by atoms with Crippen molar-refractivity contribution < 1.29 is 0 Å². The van der Waals surface area contributed by atoms with Crippen molar-refractivity contribution in [2.75, 3.05) is 24.5 Å². The maximum atomic E-state index is 4.66. The molecule has 1 aromatic rings. The van der Waals surface area contributed by atoms with Crippen LogP contribution < -0.4 is 10.2 Å². The minimum Gasteiger partial charge on any atom is -0.355 e. The quantitative estimate of drug-likeness (QED) is 0.781. The Kier molecular flexibility index (Phi) is 4.31. The number of hydrogen-bond donors (Lipinski definition) is 1. The average Bonchev–Trinajstić information content (AvgIpc) is 3.18. The monoisotopic (exact) mass is 234 g/mol. The highest BCUT2D eigenvalue weighted by Crippen LogP contribution is 2.30. The van der Waals surface area contributed by atoms with Crippen molar-refractivity contribution in [1.82, 2.24) is 15.3 Å². The fourth-order valence-electron chi connectivity index (χ4n) is 1.88. The summed E-state index contributed by atoms with van der Waals surface area (Å²) in [6.45, 7) is 8.19. The lowest BCUT2D eigenvalue weighted by atomic mass is 10.3. The molecule has 0 atom stereocenters. The summed E-state index contributed by atoms with van der Waals surface area (Å²) in [7, 11) is 0. The molecule has 0 unspecified atom stereocenters. The molecule has 0 aromatic carbocycles. The minimum absolute atomic E-state index is 0.804. The molecule has 0 amide bonds. The Labute approximate surface area is 103 Å². The van der Waals surface area contributed by atoms with Gasteiger partial charge in [0, 0.05) is 25.8 Å². The SMILES string of the molecule is CCNCc1cncc(N(CC)CC2CC2)n1. The molecular weight excluding hydrogens is 212 g/mol. The highest BCUT2D eigenvalue weighted by molar-refractivity contribution is 5.36. The van der Waals surface area contributed by atoms with Crippen LogP contribution in [-0.4, -0.2) is 29.6 Å². The molecule has 4 heteroatoms. The van der Waals surface area contributed by atoms with Gasteiger partial charge in [-0.15, -0.1) is 0 Å². The van der Waals surface area contributed by atoms with E-state index in [0.29, 0.717) is 0 Å². The first-order chi connectivity index (χ1) is 8.33. The molecule has 1 fully saturated rings. The number of rotatable bonds is 7. The summed E-state index contributed by atoms with van der Waals surface area (Å²) in [5, 5.41) is 3.28. The predicted octanol–water partition coefficient (Wildman–Crippen LogP) is 1.82. The van der Waals surface area contributed by atoms with Crippen LogP contribution in [0.4, 0.5) is 5.82 Å². The number of anilines is 1. The predicted molar refractivity (Wildman–Crippen MR) is 70.0 cm³/mol. The van der Waals surface area contributed by atoms with E-state index in [1.807, 2.05) is 12.4 Å². The van der Waals surface area contributed by atoms with E-state index in [2.05, 4.69) is 34.0 Å². The molecule has 2 rings (SSSR count). The molecule has 0 bridgehead atoms.